The van der Waals surface area contributed by atoms with Crippen LogP contribution in [0, 0.1) is 0 Å². The molecule has 1 unspecified atom stereocenters. The molecule has 0 aromatic heterocycles. The molecule has 100 valence electrons. The molecule has 1 atom stereocenters. The van der Waals surface area contributed by atoms with E-state index in [1.807, 2.05) is 39.1 Å². The van der Waals surface area contributed by atoms with Gasteiger partial charge >= 0.3 is 0 Å². The third kappa shape index (κ3) is 4.15. The van der Waals surface area contributed by atoms with E-state index in [0.29, 0.717) is 6.54 Å². The van der Waals surface area contributed by atoms with Gasteiger partial charge in [0.05, 0.1) is 6.54 Å². The van der Waals surface area contributed by atoms with Gasteiger partial charge in [-0.15, -0.1) is 0 Å². The van der Waals surface area contributed by atoms with E-state index in [-0.39, 0.29) is 18.0 Å². The van der Waals surface area contributed by atoms with E-state index < -0.39 is 0 Å². The van der Waals surface area contributed by atoms with E-state index in [1.54, 1.807) is 4.90 Å². The van der Waals surface area contributed by atoms with Crippen LogP contribution in [0.15, 0.2) is 30.3 Å². The lowest BCUT2D eigenvalue weighted by Crippen LogP contribution is -2.40. The Labute approximate surface area is 110 Å². The zero-order valence-corrected chi connectivity index (χ0v) is 11.8. The highest BCUT2D eigenvalue weighted by Gasteiger charge is 2.14. The van der Waals surface area contributed by atoms with Crippen LogP contribution in [0.4, 0.5) is 0 Å². The predicted molar refractivity (Wildman–Crippen MR) is 75.4 cm³/mol. The van der Waals surface area contributed by atoms with Crippen LogP contribution in [0.1, 0.15) is 38.8 Å². The molecule has 0 bridgehead atoms. The lowest BCUT2D eigenvalue weighted by molar-refractivity contribution is -0.130. The van der Waals surface area contributed by atoms with E-state index in [1.165, 1.54) is 5.56 Å². The summed E-state index contributed by atoms with van der Waals surface area (Å²) >= 11 is 0. The van der Waals surface area contributed by atoms with Crippen LogP contribution in [0.3, 0.4) is 0 Å². The van der Waals surface area contributed by atoms with Crippen molar-refractivity contribution in [1.29, 1.82) is 0 Å². The molecule has 3 nitrogen and oxygen atoms in total. The molecule has 1 rings (SSSR count). The first kappa shape index (κ1) is 14.7. The zero-order chi connectivity index (χ0) is 13.5. The fourth-order valence-corrected chi connectivity index (χ4v) is 1.81. The molecule has 3 heteroatoms. The molecule has 0 aliphatic carbocycles. The topological polar surface area (TPSA) is 32.3 Å². The summed E-state index contributed by atoms with van der Waals surface area (Å²) in [5.41, 5.74) is 1.24. The number of carbonyl (C=O) groups excluding carboxylic acids is 1. The number of nitrogens with one attached hydrogen (secondary N) is 1. The Morgan fingerprint density at radius 1 is 1.28 bits per heavy atom. The Morgan fingerprint density at radius 3 is 2.39 bits per heavy atom. The summed E-state index contributed by atoms with van der Waals surface area (Å²) in [6.45, 7) is 6.56. The van der Waals surface area contributed by atoms with Crippen LogP contribution >= 0.6 is 0 Å². The van der Waals surface area contributed by atoms with E-state index in [2.05, 4.69) is 24.4 Å². The minimum atomic E-state index is 0.138. The van der Waals surface area contributed by atoms with Crippen LogP contribution in [0.25, 0.3) is 0 Å². The molecule has 1 amide bonds. The fraction of sp³-hybridized carbons (Fsp3) is 0.533. The van der Waals surface area contributed by atoms with Gasteiger partial charge in [0.15, 0.2) is 0 Å². The Kier molecular flexibility index (Phi) is 5.86. The quantitative estimate of drug-likeness (QED) is 0.839. The largest absolute Gasteiger partial charge is 0.342 e. The summed E-state index contributed by atoms with van der Waals surface area (Å²) in [6, 6.07) is 10.7. The number of rotatable bonds is 6. The van der Waals surface area contributed by atoms with Gasteiger partial charge in [0.1, 0.15) is 0 Å². The van der Waals surface area contributed by atoms with Crippen molar-refractivity contribution >= 4 is 5.91 Å². The van der Waals surface area contributed by atoms with Gasteiger partial charge in [0, 0.05) is 19.1 Å². The lowest BCUT2D eigenvalue weighted by Gasteiger charge is -2.24. The Morgan fingerprint density at radius 2 is 1.89 bits per heavy atom. The summed E-state index contributed by atoms with van der Waals surface area (Å²) < 4.78 is 0. The van der Waals surface area contributed by atoms with Gasteiger partial charge in [-0.05, 0) is 25.8 Å². The van der Waals surface area contributed by atoms with Gasteiger partial charge in [-0.25, -0.2) is 0 Å². The number of carbonyl (C=O) groups is 1. The second kappa shape index (κ2) is 7.17. The Hall–Kier alpha value is -1.35. The molecule has 0 fully saturated rings. The minimum Gasteiger partial charge on any atom is -0.342 e. The second-order valence-electron chi connectivity index (χ2n) is 4.85. The second-order valence-corrected chi connectivity index (χ2v) is 4.85. The number of benzene rings is 1. The van der Waals surface area contributed by atoms with Crippen LogP contribution < -0.4 is 5.32 Å². The Bertz CT molecular complexity index is 362. The standard InChI is InChI=1S/C15H24N2O/c1-5-14(13-9-7-6-8-10-13)16-11-15(18)17(4)12(2)3/h6-10,12,14,16H,5,11H2,1-4H3. The van der Waals surface area contributed by atoms with Gasteiger partial charge in [-0.1, -0.05) is 37.3 Å². The molecule has 0 saturated heterocycles. The highest BCUT2D eigenvalue weighted by Crippen LogP contribution is 2.15. The van der Waals surface area contributed by atoms with Crippen molar-refractivity contribution in [2.75, 3.05) is 13.6 Å². The predicted octanol–water partition coefficient (Wildman–Crippen LogP) is 2.59. The van der Waals surface area contributed by atoms with Crippen LogP contribution in [-0.4, -0.2) is 30.4 Å². The summed E-state index contributed by atoms with van der Waals surface area (Å²) in [4.78, 5) is 13.7. The molecule has 18 heavy (non-hydrogen) atoms. The van der Waals surface area contributed by atoms with Gasteiger partial charge in [-0.3, -0.25) is 4.79 Å². The van der Waals surface area contributed by atoms with E-state index in [4.69, 9.17) is 0 Å². The van der Waals surface area contributed by atoms with Gasteiger partial charge in [0.2, 0.25) is 5.91 Å². The van der Waals surface area contributed by atoms with E-state index in [9.17, 15) is 4.79 Å². The van der Waals surface area contributed by atoms with E-state index in [0.717, 1.165) is 6.42 Å². The maximum Gasteiger partial charge on any atom is 0.236 e. The molecule has 1 N–H and O–H groups in total. The number of hydrogen-bond donors (Lipinski definition) is 1. The van der Waals surface area contributed by atoms with Crippen molar-refractivity contribution < 1.29 is 4.79 Å². The molecule has 1 aromatic carbocycles. The number of nitrogens with zero attached hydrogens (tertiary/aromatic N) is 1. The molecule has 0 heterocycles. The molecule has 0 spiro atoms. The fourth-order valence-electron chi connectivity index (χ4n) is 1.81. The third-order valence-corrected chi connectivity index (χ3v) is 3.28. The number of hydrogen-bond acceptors (Lipinski definition) is 2. The molecular weight excluding hydrogens is 224 g/mol. The van der Waals surface area contributed by atoms with Crippen LogP contribution in [-0.2, 0) is 4.79 Å². The summed E-state index contributed by atoms with van der Waals surface area (Å²) in [7, 11) is 1.85. The van der Waals surface area contributed by atoms with Crippen LogP contribution in [0.2, 0.25) is 0 Å². The van der Waals surface area contributed by atoms with Crippen molar-refractivity contribution in [1.82, 2.24) is 10.2 Å². The van der Waals surface area contributed by atoms with Crippen molar-refractivity contribution in [3.8, 4) is 0 Å². The first-order valence-electron chi connectivity index (χ1n) is 6.60. The molecule has 0 aliphatic rings. The van der Waals surface area contributed by atoms with Crippen molar-refractivity contribution in [2.24, 2.45) is 0 Å². The van der Waals surface area contributed by atoms with Gasteiger partial charge in [-0.2, -0.15) is 0 Å². The maximum atomic E-state index is 11.9. The number of amides is 1. The smallest absolute Gasteiger partial charge is 0.236 e. The third-order valence-electron chi connectivity index (χ3n) is 3.28. The molecule has 1 aromatic rings. The maximum absolute atomic E-state index is 11.9. The summed E-state index contributed by atoms with van der Waals surface area (Å²) in [5, 5.41) is 3.33. The first-order chi connectivity index (χ1) is 8.56. The molecular formula is C15H24N2O. The lowest BCUT2D eigenvalue weighted by atomic mass is 10.0. The Balaban J connectivity index is 2.53. The SMILES string of the molecule is CCC(NCC(=O)N(C)C(C)C)c1ccccc1. The van der Waals surface area contributed by atoms with Crippen molar-refractivity contribution in [3.63, 3.8) is 0 Å². The minimum absolute atomic E-state index is 0.138. The van der Waals surface area contributed by atoms with Crippen LogP contribution in [0.5, 0.6) is 0 Å². The first-order valence-corrected chi connectivity index (χ1v) is 6.60. The van der Waals surface area contributed by atoms with E-state index >= 15 is 0 Å². The van der Waals surface area contributed by atoms with Gasteiger partial charge in [0.25, 0.3) is 0 Å². The van der Waals surface area contributed by atoms with Crippen molar-refractivity contribution in [3.05, 3.63) is 35.9 Å². The summed E-state index contributed by atoms with van der Waals surface area (Å²) in [6.07, 6.45) is 0.975. The molecule has 0 saturated carbocycles. The molecule has 0 radical (unpaired) electrons. The summed E-state index contributed by atoms with van der Waals surface area (Å²) in [5.74, 6) is 0.138. The van der Waals surface area contributed by atoms with Gasteiger partial charge < -0.3 is 10.2 Å². The zero-order valence-electron chi connectivity index (χ0n) is 11.8. The highest BCUT2D eigenvalue weighted by atomic mass is 16.2. The highest BCUT2D eigenvalue weighted by molar-refractivity contribution is 5.78. The normalized spacial score (nSPS) is 12.5. The monoisotopic (exact) mass is 248 g/mol. The average molecular weight is 248 g/mol. The molecule has 0 aliphatic heterocycles. The number of likely N-dealkylation sites (N-methyl/N-ethyl adjacent to an activating group) is 1. The average Bonchev–Trinajstić information content (AvgIpc) is 2.39. The van der Waals surface area contributed by atoms with Crippen molar-refractivity contribution in [2.45, 2.75) is 39.3 Å².